The van der Waals surface area contributed by atoms with E-state index in [-0.39, 0.29) is 25.7 Å². The van der Waals surface area contributed by atoms with Gasteiger partial charge in [0.2, 0.25) is 0 Å². The highest BCUT2D eigenvalue weighted by Gasteiger charge is 2.30. The molecular weight excluding hydrogens is 1200 g/mol. The van der Waals surface area contributed by atoms with Crippen molar-refractivity contribution in [2.75, 3.05) is 39.6 Å². The molecule has 540 valence electrons. The van der Waals surface area contributed by atoms with Crippen LogP contribution in [0.4, 0.5) is 0 Å². The molecule has 0 rings (SSSR count). The fraction of sp³-hybridized carbons (Fsp3) is 0.944. The van der Waals surface area contributed by atoms with Gasteiger partial charge >= 0.3 is 39.5 Å². The molecule has 0 aromatic heterocycles. The Morgan fingerprint density at radius 2 is 0.560 bits per heavy atom. The summed E-state index contributed by atoms with van der Waals surface area (Å²) in [6.07, 6.45) is 47.2. The number of hydrogen-bond donors (Lipinski definition) is 3. The molecule has 0 spiro atoms. The molecule has 0 bridgehead atoms. The molecule has 3 unspecified atom stereocenters. The van der Waals surface area contributed by atoms with Crippen LogP contribution in [0.5, 0.6) is 0 Å². The second-order valence-electron chi connectivity index (χ2n) is 27.2. The van der Waals surface area contributed by atoms with E-state index in [0.717, 1.165) is 108 Å². The van der Waals surface area contributed by atoms with E-state index in [9.17, 15) is 43.2 Å². The Kier molecular flexibility index (Phi) is 61.5. The largest absolute Gasteiger partial charge is 0.472 e. The van der Waals surface area contributed by atoms with Gasteiger partial charge in [0.25, 0.3) is 0 Å². The van der Waals surface area contributed by atoms with E-state index in [2.05, 4.69) is 48.5 Å². The number of aliphatic hydroxyl groups excluding tert-OH is 1. The maximum atomic E-state index is 13.0. The molecule has 0 fully saturated rings. The van der Waals surface area contributed by atoms with Gasteiger partial charge in [-0.05, 0) is 43.4 Å². The number of esters is 4. The summed E-state index contributed by atoms with van der Waals surface area (Å²) in [6, 6.07) is 0. The van der Waals surface area contributed by atoms with Crippen LogP contribution in [0.1, 0.15) is 363 Å². The van der Waals surface area contributed by atoms with Crippen LogP contribution in [-0.4, -0.2) is 96.7 Å². The summed E-state index contributed by atoms with van der Waals surface area (Å²) < 4.78 is 68.3. The summed E-state index contributed by atoms with van der Waals surface area (Å²) in [5.74, 6) is 0.119. The SMILES string of the molecule is CCCCCCCCCCCCCCCC(=O)OC[C@H](COP(=O)(O)OC[C@@H](O)COP(=O)(O)OC[C@@H](COC(=O)CCCCCCCCC(C)C)OC(=O)CCCCCCCCCCC(C)CC)OC(=O)CCCCCCCCCCCCCCCCC(C)C. The molecule has 0 heterocycles. The van der Waals surface area contributed by atoms with Crippen molar-refractivity contribution >= 4 is 39.5 Å². The number of unbranched alkanes of at least 4 members (excludes halogenated alkanes) is 37. The number of phosphoric acid groups is 2. The van der Waals surface area contributed by atoms with Gasteiger partial charge in [0.05, 0.1) is 26.4 Å². The van der Waals surface area contributed by atoms with Crippen molar-refractivity contribution in [2.24, 2.45) is 17.8 Å². The summed E-state index contributed by atoms with van der Waals surface area (Å²) >= 11 is 0. The van der Waals surface area contributed by atoms with E-state index < -0.39 is 97.5 Å². The third kappa shape index (κ3) is 65.1. The number of phosphoric ester groups is 2. The number of aliphatic hydroxyl groups is 1. The molecule has 0 radical (unpaired) electrons. The highest BCUT2D eigenvalue weighted by molar-refractivity contribution is 7.47. The van der Waals surface area contributed by atoms with Crippen molar-refractivity contribution in [2.45, 2.75) is 381 Å². The molecule has 0 aliphatic rings. The maximum Gasteiger partial charge on any atom is 0.472 e. The van der Waals surface area contributed by atoms with E-state index in [0.29, 0.717) is 31.6 Å². The molecule has 0 aliphatic carbocycles. The van der Waals surface area contributed by atoms with E-state index in [1.807, 2.05) is 0 Å². The van der Waals surface area contributed by atoms with Crippen LogP contribution >= 0.6 is 15.6 Å². The summed E-state index contributed by atoms with van der Waals surface area (Å²) in [4.78, 5) is 72.6. The van der Waals surface area contributed by atoms with Gasteiger partial charge in [-0.15, -0.1) is 0 Å². The van der Waals surface area contributed by atoms with Crippen molar-refractivity contribution in [3.8, 4) is 0 Å². The average Bonchev–Trinajstić information content (AvgIpc) is 3.47. The van der Waals surface area contributed by atoms with Crippen LogP contribution < -0.4 is 0 Å². The fourth-order valence-corrected chi connectivity index (χ4v) is 12.4. The second-order valence-corrected chi connectivity index (χ2v) is 30.1. The van der Waals surface area contributed by atoms with Crippen LogP contribution in [0.2, 0.25) is 0 Å². The quantitative estimate of drug-likeness (QED) is 0.0222. The highest BCUT2D eigenvalue weighted by Crippen LogP contribution is 2.45. The van der Waals surface area contributed by atoms with Crippen LogP contribution in [0.25, 0.3) is 0 Å². The number of rotatable bonds is 70. The predicted molar refractivity (Wildman–Crippen MR) is 368 cm³/mol. The zero-order chi connectivity index (χ0) is 67.3. The smallest absolute Gasteiger partial charge is 0.462 e. The molecular formula is C72H140O17P2. The number of carbonyl (C=O) groups is 4. The Hall–Kier alpha value is -1.94. The maximum absolute atomic E-state index is 13.0. The standard InChI is InChI=1S/C72H140O17P2/c1-8-10-11-12-13-14-15-18-22-25-31-39-46-53-69(74)82-59-67(88-71(76)55-48-41-32-26-23-20-17-16-19-21-24-29-36-43-50-63(3)4)61-86-90(78,79)84-57-66(73)58-85-91(80,81)87-62-68(60-83-70(75)54-47-40-35-34-37-44-51-64(5)6)89-72(77)56-49-42-33-28-27-30-38-45-52-65(7)9-2/h63-68,73H,8-62H2,1-7H3,(H,78,79)(H,80,81)/t65?,66-,67-,68-/m1/s1. The normalized spacial score (nSPS) is 14.5. The Morgan fingerprint density at radius 1 is 0.319 bits per heavy atom. The zero-order valence-corrected chi connectivity index (χ0v) is 61.1. The van der Waals surface area contributed by atoms with E-state index in [1.165, 1.54) is 167 Å². The summed E-state index contributed by atoms with van der Waals surface area (Å²) in [5, 5.41) is 10.6. The first kappa shape index (κ1) is 89.1. The average molecular weight is 1340 g/mol. The van der Waals surface area contributed by atoms with Gasteiger partial charge in [0, 0.05) is 25.7 Å². The lowest BCUT2D eigenvalue weighted by Crippen LogP contribution is -2.30. The van der Waals surface area contributed by atoms with E-state index in [1.54, 1.807) is 0 Å². The molecule has 0 aromatic rings. The summed E-state index contributed by atoms with van der Waals surface area (Å²) in [5.41, 5.74) is 0. The van der Waals surface area contributed by atoms with Gasteiger partial charge in [-0.2, -0.15) is 0 Å². The second kappa shape index (κ2) is 62.8. The van der Waals surface area contributed by atoms with Gasteiger partial charge in [-0.3, -0.25) is 37.3 Å². The predicted octanol–water partition coefficient (Wildman–Crippen LogP) is 20.6. The molecule has 0 saturated heterocycles. The minimum atomic E-state index is -4.95. The van der Waals surface area contributed by atoms with Crippen LogP contribution in [0.3, 0.4) is 0 Å². The van der Waals surface area contributed by atoms with Gasteiger partial charge in [-0.25, -0.2) is 9.13 Å². The third-order valence-electron chi connectivity index (χ3n) is 17.0. The van der Waals surface area contributed by atoms with Crippen molar-refractivity contribution in [1.82, 2.24) is 0 Å². The van der Waals surface area contributed by atoms with Crippen LogP contribution in [0.15, 0.2) is 0 Å². The zero-order valence-electron chi connectivity index (χ0n) is 59.3. The fourth-order valence-electron chi connectivity index (χ4n) is 10.9. The Balaban J connectivity index is 5.24. The first-order chi connectivity index (χ1) is 43.8. The van der Waals surface area contributed by atoms with Crippen molar-refractivity contribution in [3.63, 3.8) is 0 Å². The summed E-state index contributed by atoms with van der Waals surface area (Å²) in [6.45, 7) is 11.8. The lowest BCUT2D eigenvalue weighted by molar-refractivity contribution is -0.161. The van der Waals surface area contributed by atoms with Crippen LogP contribution in [0, 0.1) is 17.8 Å². The van der Waals surface area contributed by atoms with Crippen molar-refractivity contribution < 1.29 is 80.2 Å². The number of hydrogen-bond acceptors (Lipinski definition) is 15. The molecule has 0 amide bonds. The van der Waals surface area contributed by atoms with Gasteiger partial charge in [0.15, 0.2) is 12.2 Å². The molecule has 0 saturated carbocycles. The molecule has 3 N–H and O–H groups in total. The number of ether oxygens (including phenoxy) is 4. The van der Waals surface area contributed by atoms with Crippen LogP contribution in [-0.2, 0) is 65.4 Å². The Bertz CT molecular complexity index is 1790. The molecule has 0 aliphatic heterocycles. The minimum Gasteiger partial charge on any atom is -0.462 e. The first-order valence-corrected chi connectivity index (χ1v) is 40.4. The van der Waals surface area contributed by atoms with E-state index in [4.69, 9.17) is 37.0 Å². The third-order valence-corrected chi connectivity index (χ3v) is 18.9. The monoisotopic (exact) mass is 1340 g/mol. The lowest BCUT2D eigenvalue weighted by Gasteiger charge is -2.21. The van der Waals surface area contributed by atoms with Gasteiger partial charge < -0.3 is 33.8 Å². The highest BCUT2D eigenvalue weighted by atomic mass is 31.2. The topological polar surface area (TPSA) is 237 Å². The van der Waals surface area contributed by atoms with Gasteiger partial charge in [0.1, 0.15) is 19.3 Å². The lowest BCUT2D eigenvalue weighted by atomic mass is 9.99. The molecule has 19 heteroatoms. The molecule has 0 aromatic carbocycles. The molecule has 91 heavy (non-hydrogen) atoms. The number of carbonyl (C=O) groups excluding carboxylic acids is 4. The van der Waals surface area contributed by atoms with Crippen molar-refractivity contribution in [1.29, 1.82) is 0 Å². The minimum absolute atomic E-state index is 0.104. The molecule has 17 nitrogen and oxygen atoms in total. The Labute approximate surface area is 556 Å². The van der Waals surface area contributed by atoms with Gasteiger partial charge in [-0.1, -0.05) is 312 Å². The Morgan fingerprint density at radius 3 is 0.835 bits per heavy atom. The van der Waals surface area contributed by atoms with E-state index >= 15 is 0 Å². The molecule has 6 atom stereocenters. The first-order valence-electron chi connectivity index (χ1n) is 37.4. The summed E-state index contributed by atoms with van der Waals surface area (Å²) in [7, 11) is -9.90. The van der Waals surface area contributed by atoms with Crippen molar-refractivity contribution in [3.05, 3.63) is 0 Å².